The van der Waals surface area contributed by atoms with Crippen LogP contribution in [0.4, 0.5) is 5.69 Å². The van der Waals surface area contributed by atoms with Crippen molar-refractivity contribution in [1.29, 1.82) is 0 Å². The monoisotopic (exact) mass is 563 g/mol. The maximum Gasteiger partial charge on any atom is 0.244 e. The summed E-state index contributed by atoms with van der Waals surface area (Å²) in [6, 6.07) is 23.7. The second-order valence-corrected chi connectivity index (χ2v) is 12.5. The predicted molar refractivity (Wildman–Crippen MR) is 162 cm³/mol. The van der Waals surface area contributed by atoms with Crippen LogP contribution in [0.1, 0.15) is 43.0 Å². The first-order valence-corrected chi connectivity index (χ1v) is 15.6. The summed E-state index contributed by atoms with van der Waals surface area (Å²) in [6.45, 7) is 8.17. The maximum absolute atomic E-state index is 14.2. The lowest BCUT2D eigenvalue weighted by Gasteiger charge is -2.34. The van der Waals surface area contributed by atoms with Crippen LogP contribution >= 0.6 is 0 Å². The number of para-hydroxylation sites is 1. The topological polar surface area (TPSA) is 86.8 Å². The van der Waals surface area contributed by atoms with E-state index in [0.29, 0.717) is 25.1 Å². The van der Waals surface area contributed by atoms with Crippen LogP contribution in [0.5, 0.6) is 0 Å². The van der Waals surface area contributed by atoms with Gasteiger partial charge in [0.05, 0.1) is 11.9 Å². The van der Waals surface area contributed by atoms with Gasteiger partial charge in [0.1, 0.15) is 12.6 Å². The number of carbonyl (C=O) groups is 2. The molecule has 40 heavy (non-hydrogen) atoms. The molecule has 0 radical (unpaired) electrons. The third-order valence-electron chi connectivity index (χ3n) is 6.75. The molecule has 0 unspecified atom stereocenters. The van der Waals surface area contributed by atoms with Gasteiger partial charge in [-0.3, -0.25) is 13.9 Å². The number of rotatable bonds is 13. The molecule has 7 nitrogen and oxygen atoms in total. The highest BCUT2D eigenvalue weighted by molar-refractivity contribution is 7.92. The number of carbonyl (C=O) groups excluding carboxylic acids is 2. The molecule has 0 aliphatic heterocycles. The summed E-state index contributed by atoms with van der Waals surface area (Å²) < 4.78 is 27.2. The standard InChI is InChI=1S/C32H41N3O4S/c1-6-28-14-10-11-15-29(28)35(40(5,38)39)23-31(36)34(22-27-18-16-25(4)17-19-27)30(32(37)33-21-24(2)3)20-26-12-8-7-9-13-26/h7-19,24,30H,6,20-23H2,1-5H3,(H,33,37)/t30-/m1/s1. The zero-order valence-corrected chi connectivity index (χ0v) is 24.9. The molecule has 0 saturated heterocycles. The summed E-state index contributed by atoms with van der Waals surface area (Å²) in [4.78, 5) is 29.3. The molecule has 0 aliphatic rings. The molecule has 2 amide bonds. The first-order chi connectivity index (χ1) is 19.0. The van der Waals surface area contributed by atoms with E-state index in [1.807, 2.05) is 94.4 Å². The van der Waals surface area contributed by atoms with Gasteiger partial charge in [-0.15, -0.1) is 0 Å². The van der Waals surface area contributed by atoms with Gasteiger partial charge >= 0.3 is 0 Å². The highest BCUT2D eigenvalue weighted by Gasteiger charge is 2.33. The minimum Gasteiger partial charge on any atom is -0.354 e. The van der Waals surface area contributed by atoms with Gasteiger partial charge in [0.25, 0.3) is 0 Å². The van der Waals surface area contributed by atoms with Crippen molar-refractivity contribution >= 4 is 27.5 Å². The molecule has 0 bridgehead atoms. The van der Waals surface area contributed by atoms with Gasteiger partial charge in [-0.2, -0.15) is 0 Å². The van der Waals surface area contributed by atoms with Crippen LogP contribution < -0.4 is 9.62 Å². The number of hydrogen-bond donors (Lipinski definition) is 1. The van der Waals surface area contributed by atoms with Crippen molar-refractivity contribution in [1.82, 2.24) is 10.2 Å². The summed E-state index contributed by atoms with van der Waals surface area (Å²) in [5.41, 5.74) is 4.14. The Balaban J connectivity index is 2.06. The Bertz CT molecular complexity index is 1370. The lowest BCUT2D eigenvalue weighted by Crippen LogP contribution is -2.53. The van der Waals surface area contributed by atoms with Gasteiger partial charge in [0.2, 0.25) is 21.8 Å². The van der Waals surface area contributed by atoms with E-state index in [2.05, 4.69) is 5.32 Å². The second-order valence-electron chi connectivity index (χ2n) is 10.6. The van der Waals surface area contributed by atoms with Gasteiger partial charge < -0.3 is 10.2 Å². The lowest BCUT2D eigenvalue weighted by molar-refractivity contribution is -0.140. The molecular formula is C32H41N3O4S. The summed E-state index contributed by atoms with van der Waals surface area (Å²) in [5.74, 6) is -0.482. The quantitative estimate of drug-likeness (QED) is 0.326. The van der Waals surface area contributed by atoms with Crippen molar-refractivity contribution in [3.05, 3.63) is 101 Å². The Kier molecular flexibility index (Phi) is 10.9. The number of nitrogens with one attached hydrogen (secondary N) is 1. The minimum atomic E-state index is -3.80. The molecule has 8 heteroatoms. The molecule has 0 fully saturated rings. The van der Waals surface area contributed by atoms with Crippen molar-refractivity contribution in [2.75, 3.05) is 23.7 Å². The van der Waals surface area contributed by atoms with E-state index in [0.717, 1.165) is 32.8 Å². The third-order valence-corrected chi connectivity index (χ3v) is 7.88. The zero-order valence-electron chi connectivity index (χ0n) is 24.1. The van der Waals surface area contributed by atoms with E-state index in [1.165, 1.54) is 4.90 Å². The van der Waals surface area contributed by atoms with Crippen molar-refractivity contribution < 1.29 is 18.0 Å². The molecule has 0 heterocycles. The zero-order chi connectivity index (χ0) is 29.3. The van der Waals surface area contributed by atoms with E-state index in [-0.39, 0.29) is 18.4 Å². The van der Waals surface area contributed by atoms with E-state index in [9.17, 15) is 18.0 Å². The van der Waals surface area contributed by atoms with Crippen LogP contribution in [0, 0.1) is 12.8 Å². The van der Waals surface area contributed by atoms with E-state index in [4.69, 9.17) is 0 Å². The molecule has 0 saturated carbocycles. The highest BCUT2D eigenvalue weighted by atomic mass is 32.2. The number of amides is 2. The summed E-state index contributed by atoms with van der Waals surface area (Å²) >= 11 is 0. The molecule has 1 N–H and O–H groups in total. The van der Waals surface area contributed by atoms with Crippen molar-refractivity contribution in [3.8, 4) is 0 Å². The molecule has 3 aromatic rings. The van der Waals surface area contributed by atoms with E-state index < -0.39 is 28.5 Å². The Morgan fingerprint density at radius 1 is 0.875 bits per heavy atom. The highest BCUT2D eigenvalue weighted by Crippen LogP contribution is 2.24. The van der Waals surface area contributed by atoms with Gasteiger partial charge in [0, 0.05) is 19.5 Å². The summed E-state index contributed by atoms with van der Waals surface area (Å²) in [7, 11) is -3.80. The lowest BCUT2D eigenvalue weighted by atomic mass is 10.0. The minimum absolute atomic E-state index is 0.165. The fourth-order valence-electron chi connectivity index (χ4n) is 4.51. The smallest absolute Gasteiger partial charge is 0.244 e. The Morgan fingerprint density at radius 3 is 2.10 bits per heavy atom. The van der Waals surface area contributed by atoms with Gasteiger partial charge in [-0.05, 0) is 42.0 Å². The Labute approximate surface area is 239 Å². The first-order valence-electron chi connectivity index (χ1n) is 13.7. The third kappa shape index (κ3) is 8.68. The molecule has 1 atom stereocenters. The second kappa shape index (κ2) is 14.1. The van der Waals surface area contributed by atoms with Crippen molar-refractivity contribution in [3.63, 3.8) is 0 Å². The normalized spacial score (nSPS) is 12.2. The van der Waals surface area contributed by atoms with Crippen LogP contribution in [0.2, 0.25) is 0 Å². The fourth-order valence-corrected chi connectivity index (χ4v) is 5.39. The largest absolute Gasteiger partial charge is 0.354 e. The van der Waals surface area contributed by atoms with E-state index >= 15 is 0 Å². The van der Waals surface area contributed by atoms with Crippen molar-refractivity contribution in [2.24, 2.45) is 5.92 Å². The molecule has 214 valence electrons. The number of anilines is 1. The SMILES string of the molecule is CCc1ccccc1N(CC(=O)N(Cc1ccc(C)cc1)[C@H](Cc1ccccc1)C(=O)NCC(C)C)S(C)(=O)=O. The maximum atomic E-state index is 14.2. The van der Waals surface area contributed by atoms with E-state index in [1.54, 1.807) is 12.1 Å². The van der Waals surface area contributed by atoms with Crippen LogP contribution in [0.25, 0.3) is 0 Å². The molecule has 3 rings (SSSR count). The Morgan fingerprint density at radius 2 is 1.50 bits per heavy atom. The predicted octanol–water partition coefficient (Wildman–Crippen LogP) is 4.74. The molecule has 0 aromatic heterocycles. The Hall–Kier alpha value is -3.65. The number of aryl methyl sites for hydroxylation is 2. The van der Waals surface area contributed by atoms with Gasteiger partial charge in [-0.25, -0.2) is 8.42 Å². The van der Waals surface area contributed by atoms with Gasteiger partial charge in [-0.1, -0.05) is 99.1 Å². The fraction of sp³-hybridized carbons (Fsp3) is 0.375. The van der Waals surface area contributed by atoms with Gasteiger partial charge in [0.15, 0.2) is 0 Å². The average molecular weight is 564 g/mol. The number of sulfonamides is 1. The van der Waals surface area contributed by atoms with Crippen LogP contribution in [-0.4, -0.2) is 50.5 Å². The molecule has 3 aromatic carbocycles. The number of nitrogens with zero attached hydrogens (tertiary/aromatic N) is 2. The van der Waals surface area contributed by atoms with Crippen molar-refractivity contribution in [2.45, 2.75) is 53.1 Å². The molecular weight excluding hydrogens is 522 g/mol. The molecule has 0 aliphatic carbocycles. The summed E-state index contributed by atoms with van der Waals surface area (Å²) in [6.07, 6.45) is 2.01. The van der Waals surface area contributed by atoms with Crippen LogP contribution in [0.3, 0.4) is 0 Å². The average Bonchev–Trinajstić information content (AvgIpc) is 2.93. The number of benzene rings is 3. The first kappa shape index (κ1) is 30.9. The van der Waals surface area contributed by atoms with Crippen LogP contribution in [-0.2, 0) is 39.0 Å². The number of hydrogen-bond acceptors (Lipinski definition) is 4. The molecule has 0 spiro atoms. The van der Waals surface area contributed by atoms with Crippen LogP contribution in [0.15, 0.2) is 78.9 Å². The summed E-state index contributed by atoms with van der Waals surface area (Å²) in [5, 5.41) is 3.00.